The summed E-state index contributed by atoms with van der Waals surface area (Å²) in [5.41, 5.74) is -1.30. The van der Waals surface area contributed by atoms with Crippen LogP contribution in [0.4, 0.5) is 0 Å². The van der Waals surface area contributed by atoms with Crippen LogP contribution in [-0.4, -0.2) is 11.6 Å². The topological polar surface area (TPSA) is 42.9 Å². The second-order valence-electron chi connectivity index (χ2n) is 7.75. The smallest absolute Gasteiger partial charge is 0.231 e. The third-order valence-electron chi connectivity index (χ3n) is 6.15. The van der Waals surface area contributed by atoms with Crippen molar-refractivity contribution < 1.29 is 9.59 Å². The van der Waals surface area contributed by atoms with E-state index in [4.69, 9.17) is 19.6 Å². The van der Waals surface area contributed by atoms with E-state index >= 15 is 0 Å². The van der Waals surface area contributed by atoms with Crippen LogP contribution in [0.5, 0.6) is 0 Å². The van der Waals surface area contributed by atoms with E-state index in [-0.39, 0.29) is 28.9 Å². The molecule has 4 nitrogen and oxygen atoms in total. The number of terminal acetylenes is 1. The number of nitrogens with zero attached hydrogens (tertiary/aromatic N) is 2. The van der Waals surface area contributed by atoms with Crippen LogP contribution in [0, 0.1) is 47.7 Å². The third-order valence-corrected chi connectivity index (χ3v) is 6.15. The Morgan fingerprint density at radius 2 is 1.80 bits per heavy atom. The predicted octanol–water partition coefficient (Wildman–Crippen LogP) is 3.75. The van der Waals surface area contributed by atoms with E-state index in [9.17, 15) is 9.59 Å². The van der Waals surface area contributed by atoms with Gasteiger partial charge in [0.1, 0.15) is 0 Å². The molecule has 4 heteroatoms. The average molecular weight is 330 g/mol. The van der Waals surface area contributed by atoms with Gasteiger partial charge in [-0.2, -0.15) is 0 Å². The fourth-order valence-corrected chi connectivity index (χ4v) is 4.91. The summed E-state index contributed by atoms with van der Waals surface area (Å²) in [7, 11) is 0. The first-order chi connectivity index (χ1) is 11.7. The third kappa shape index (κ3) is 2.00. The molecule has 0 aromatic rings. The summed E-state index contributed by atoms with van der Waals surface area (Å²) >= 11 is 0. The Bertz CT molecular complexity index is 926. The van der Waals surface area contributed by atoms with Gasteiger partial charge in [-0.3, -0.25) is 0 Å². The summed E-state index contributed by atoms with van der Waals surface area (Å²) in [6.07, 6.45) is 11.9. The molecule has 0 bridgehead atoms. The number of Topliss-reactive ketones (excluding diaryl/α,β-unsaturated/α-hetero) is 1. The quantitative estimate of drug-likeness (QED) is 0.501. The van der Waals surface area contributed by atoms with Gasteiger partial charge in [0.15, 0.2) is 11.6 Å². The summed E-state index contributed by atoms with van der Waals surface area (Å²) in [6.45, 7) is 20.3. The summed E-state index contributed by atoms with van der Waals surface area (Å²) in [6, 6.07) is 0. The van der Waals surface area contributed by atoms with E-state index in [1.165, 1.54) is 6.08 Å². The highest BCUT2D eigenvalue weighted by Crippen LogP contribution is 2.63. The number of allylic oxidation sites excluding steroid dienone is 5. The van der Waals surface area contributed by atoms with Gasteiger partial charge in [-0.05, 0) is 30.4 Å². The lowest BCUT2D eigenvalue weighted by Crippen LogP contribution is -2.53. The number of ketones is 2. The van der Waals surface area contributed by atoms with Gasteiger partial charge in [-0.15, -0.1) is 6.42 Å². The maximum absolute atomic E-state index is 12.7. The maximum atomic E-state index is 12.7. The van der Waals surface area contributed by atoms with E-state index in [2.05, 4.69) is 15.6 Å². The van der Waals surface area contributed by atoms with Gasteiger partial charge in [0.05, 0.1) is 18.6 Å². The number of carbonyl (C=O) groups is 2. The van der Waals surface area contributed by atoms with E-state index in [1.807, 2.05) is 20.8 Å². The van der Waals surface area contributed by atoms with Crippen LogP contribution >= 0.6 is 0 Å². The minimum atomic E-state index is -0.806. The Morgan fingerprint density at radius 3 is 2.36 bits per heavy atom. The van der Waals surface area contributed by atoms with Crippen molar-refractivity contribution in [3.05, 3.63) is 58.0 Å². The van der Waals surface area contributed by atoms with Crippen molar-refractivity contribution >= 4 is 11.6 Å². The molecule has 0 spiro atoms. The minimum absolute atomic E-state index is 0.0456. The Kier molecular flexibility index (Phi) is 3.42. The van der Waals surface area contributed by atoms with Gasteiger partial charge in [0.2, 0.25) is 11.4 Å². The molecule has 0 aliphatic heterocycles. The van der Waals surface area contributed by atoms with Crippen molar-refractivity contribution in [3.63, 3.8) is 0 Å². The summed E-state index contributed by atoms with van der Waals surface area (Å²) in [4.78, 5) is 31.8. The monoisotopic (exact) mass is 330 g/mol. The second kappa shape index (κ2) is 5.05. The summed E-state index contributed by atoms with van der Waals surface area (Å²) < 4.78 is 0. The van der Waals surface area contributed by atoms with Crippen molar-refractivity contribution in [2.45, 2.75) is 33.6 Å². The van der Waals surface area contributed by atoms with Gasteiger partial charge >= 0.3 is 0 Å². The normalized spacial score (nSPS) is 35.7. The Labute approximate surface area is 147 Å². The molecule has 0 heterocycles. The molecule has 1 saturated carbocycles. The molecular formula is C21H18N2O2. The average Bonchev–Trinajstić information content (AvgIpc) is 2.58. The zero-order valence-electron chi connectivity index (χ0n) is 14.5. The second-order valence-corrected chi connectivity index (χ2v) is 7.75. The van der Waals surface area contributed by atoms with Crippen molar-refractivity contribution in [1.29, 1.82) is 0 Å². The van der Waals surface area contributed by atoms with E-state index in [0.717, 1.165) is 5.57 Å². The molecule has 0 radical (unpaired) electrons. The van der Waals surface area contributed by atoms with Crippen LogP contribution in [0.15, 0.2) is 35.2 Å². The van der Waals surface area contributed by atoms with Gasteiger partial charge in [-0.1, -0.05) is 38.8 Å². The number of carbonyl (C=O) groups excluding carboxylic acids is 2. The first-order valence-corrected chi connectivity index (χ1v) is 8.16. The lowest BCUT2D eigenvalue weighted by atomic mass is 9.46. The maximum Gasteiger partial charge on any atom is 0.231 e. The highest BCUT2D eigenvalue weighted by Gasteiger charge is 2.59. The molecule has 3 atom stereocenters. The van der Waals surface area contributed by atoms with Crippen LogP contribution in [0.2, 0.25) is 0 Å². The van der Waals surface area contributed by atoms with Crippen LogP contribution in [0.3, 0.4) is 0 Å². The van der Waals surface area contributed by atoms with E-state index in [1.54, 1.807) is 12.2 Å². The number of rotatable bonds is 0. The van der Waals surface area contributed by atoms with Crippen molar-refractivity contribution in [3.8, 4) is 12.3 Å². The summed E-state index contributed by atoms with van der Waals surface area (Å²) in [5, 5.41) is 0. The molecule has 3 aliphatic rings. The van der Waals surface area contributed by atoms with Crippen LogP contribution in [-0.2, 0) is 9.59 Å². The van der Waals surface area contributed by atoms with Gasteiger partial charge < -0.3 is 9.59 Å². The Morgan fingerprint density at radius 1 is 1.16 bits per heavy atom. The largest absolute Gasteiger partial charge is 0.307 e. The van der Waals surface area contributed by atoms with Gasteiger partial charge in [0.25, 0.3) is 0 Å². The number of hydrogen-bond acceptors (Lipinski definition) is 2. The molecule has 0 aromatic heterocycles. The molecule has 0 aromatic carbocycles. The summed E-state index contributed by atoms with van der Waals surface area (Å²) in [5.74, 6) is 2.24. The van der Waals surface area contributed by atoms with E-state index in [0.29, 0.717) is 12.8 Å². The molecule has 3 rings (SSSR count). The van der Waals surface area contributed by atoms with E-state index < -0.39 is 16.2 Å². The molecule has 3 aliphatic carbocycles. The lowest BCUT2D eigenvalue weighted by molar-refractivity contribution is -0.130. The fourth-order valence-electron chi connectivity index (χ4n) is 4.91. The Hall–Kier alpha value is -2.90. The highest BCUT2D eigenvalue weighted by atomic mass is 16.1. The van der Waals surface area contributed by atoms with Crippen molar-refractivity contribution in [2.24, 2.45) is 22.2 Å². The predicted molar refractivity (Wildman–Crippen MR) is 93.3 cm³/mol. The minimum Gasteiger partial charge on any atom is -0.307 e. The lowest BCUT2D eigenvalue weighted by Gasteiger charge is -2.56. The van der Waals surface area contributed by atoms with Gasteiger partial charge in [0, 0.05) is 10.8 Å². The standard InChI is InChI=1S/C21H18N2O2/c1-7-21-9-8-16-19(2,3)18(25)14(23-6)11-20(16,4)17(21)10-15(24)13(12-21)22-5/h1,10-12,16H,8-9H2,2-4H3/t16-,20-,21-/m0/s1. The zero-order chi connectivity index (χ0) is 18.6. The molecule has 124 valence electrons. The molecular weight excluding hydrogens is 312 g/mol. The molecule has 0 saturated heterocycles. The molecule has 25 heavy (non-hydrogen) atoms. The van der Waals surface area contributed by atoms with Crippen LogP contribution in [0.25, 0.3) is 9.69 Å². The molecule has 0 amide bonds. The van der Waals surface area contributed by atoms with Crippen molar-refractivity contribution in [2.75, 3.05) is 0 Å². The first kappa shape index (κ1) is 16.9. The highest BCUT2D eigenvalue weighted by molar-refractivity contribution is 6.08. The molecule has 1 fully saturated rings. The number of hydrogen-bond donors (Lipinski definition) is 0. The van der Waals surface area contributed by atoms with Crippen LogP contribution < -0.4 is 0 Å². The van der Waals surface area contributed by atoms with Crippen LogP contribution in [0.1, 0.15) is 33.6 Å². The molecule has 0 unspecified atom stereocenters. The van der Waals surface area contributed by atoms with Gasteiger partial charge in [-0.25, -0.2) is 9.69 Å². The number of fused-ring (bicyclic) bond motifs is 3. The van der Waals surface area contributed by atoms with Crippen molar-refractivity contribution in [1.82, 2.24) is 0 Å². The zero-order valence-corrected chi connectivity index (χ0v) is 14.5. The SMILES string of the molecule is [C-]#[N+]C1=C[C@]2(C#C)CC[C@H]3C(C)(C)C(=O)C([N+]#[C-])=C[C@]3(C)C2=CC1=O. The fraction of sp³-hybridized carbons (Fsp3) is 0.429. The first-order valence-electron chi connectivity index (χ1n) is 8.16. The molecule has 0 N–H and O–H groups in total. The Balaban J connectivity index is 2.31.